The van der Waals surface area contributed by atoms with Gasteiger partial charge in [-0.2, -0.15) is 11.3 Å². The van der Waals surface area contributed by atoms with Crippen LogP contribution in [0.25, 0.3) is 0 Å². The quantitative estimate of drug-likeness (QED) is 0.881. The number of amides is 2. The molecule has 0 spiro atoms. The number of nitrogens with one attached hydrogen (secondary N) is 1. The highest BCUT2D eigenvalue weighted by Gasteiger charge is 2.26. The Kier molecular flexibility index (Phi) is 4.60. The number of nitrogens with zero attached hydrogens (tertiary/aromatic N) is 1. The van der Waals surface area contributed by atoms with Gasteiger partial charge >= 0.3 is 6.03 Å². The molecule has 2 amide bonds. The maximum Gasteiger partial charge on any atom is 0.317 e. The summed E-state index contributed by atoms with van der Waals surface area (Å²) < 4.78 is 0. The maximum atomic E-state index is 12.0. The standard InChI is InChI=1S/C13H20N2O2S/c1-10(16)12-3-2-5-15(8-12)13(17)14-7-11-4-6-18-9-11/h4,6,9-10,12,16H,2-3,5,7-8H2,1H3,(H,14,17). The van der Waals surface area contributed by atoms with Crippen molar-refractivity contribution in [3.63, 3.8) is 0 Å². The molecule has 0 aromatic carbocycles. The van der Waals surface area contributed by atoms with E-state index in [9.17, 15) is 9.90 Å². The minimum absolute atomic E-state index is 0.0217. The van der Waals surface area contributed by atoms with E-state index in [1.807, 2.05) is 21.7 Å². The number of piperidine rings is 1. The SMILES string of the molecule is CC(O)C1CCCN(C(=O)NCc2ccsc2)C1. The lowest BCUT2D eigenvalue weighted by molar-refractivity contribution is 0.0738. The van der Waals surface area contributed by atoms with E-state index >= 15 is 0 Å². The summed E-state index contributed by atoms with van der Waals surface area (Å²) in [5.74, 6) is 0.214. The van der Waals surface area contributed by atoms with E-state index in [4.69, 9.17) is 0 Å². The van der Waals surface area contributed by atoms with Crippen LogP contribution >= 0.6 is 11.3 Å². The van der Waals surface area contributed by atoms with E-state index in [-0.39, 0.29) is 18.1 Å². The van der Waals surface area contributed by atoms with Crippen molar-refractivity contribution in [2.24, 2.45) is 5.92 Å². The molecule has 0 radical (unpaired) electrons. The molecule has 2 rings (SSSR count). The Morgan fingerprint density at radius 3 is 3.22 bits per heavy atom. The molecule has 100 valence electrons. The highest BCUT2D eigenvalue weighted by molar-refractivity contribution is 7.07. The molecule has 2 heterocycles. The zero-order valence-electron chi connectivity index (χ0n) is 10.6. The van der Waals surface area contributed by atoms with Gasteiger partial charge in [0.05, 0.1) is 6.10 Å². The highest BCUT2D eigenvalue weighted by atomic mass is 32.1. The van der Waals surface area contributed by atoms with Crippen LogP contribution in [0.1, 0.15) is 25.3 Å². The number of likely N-dealkylation sites (tertiary alicyclic amines) is 1. The number of aliphatic hydroxyl groups excluding tert-OH is 1. The normalized spacial score (nSPS) is 21.7. The van der Waals surface area contributed by atoms with Crippen molar-refractivity contribution in [3.8, 4) is 0 Å². The summed E-state index contributed by atoms with van der Waals surface area (Å²) in [6, 6.07) is 1.99. The van der Waals surface area contributed by atoms with Crippen molar-refractivity contribution in [3.05, 3.63) is 22.4 Å². The highest BCUT2D eigenvalue weighted by Crippen LogP contribution is 2.19. The number of carbonyl (C=O) groups excluding carboxylic acids is 1. The largest absolute Gasteiger partial charge is 0.393 e. The number of hydrogen-bond acceptors (Lipinski definition) is 3. The molecule has 4 nitrogen and oxygen atoms in total. The molecule has 0 aliphatic carbocycles. The zero-order valence-corrected chi connectivity index (χ0v) is 11.4. The monoisotopic (exact) mass is 268 g/mol. The van der Waals surface area contributed by atoms with Crippen LogP contribution in [0.3, 0.4) is 0 Å². The molecule has 2 N–H and O–H groups in total. The van der Waals surface area contributed by atoms with Crippen molar-refractivity contribution in [1.29, 1.82) is 0 Å². The second-order valence-electron chi connectivity index (χ2n) is 4.88. The summed E-state index contributed by atoms with van der Waals surface area (Å²) in [4.78, 5) is 13.8. The molecule has 18 heavy (non-hydrogen) atoms. The van der Waals surface area contributed by atoms with Gasteiger partial charge in [-0.15, -0.1) is 0 Å². The summed E-state index contributed by atoms with van der Waals surface area (Å²) in [5, 5.41) is 16.6. The Balaban J connectivity index is 1.81. The minimum Gasteiger partial charge on any atom is -0.393 e. The van der Waals surface area contributed by atoms with E-state index in [0.29, 0.717) is 13.1 Å². The zero-order chi connectivity index (χ0) is 13.0. The molecular weight excluding hydrogens is 248 g/mol. The predicted octanol–water partition coefficient (Wildman–Crippen LogP) is 2.05. The van der Waals surface area contributed by atoms with Gasteiger partial charge in [-0.3, -0.25) is 0 Å². The van der Waals surface area contributed by atoms with Gasteiger partial charge in [0.1, 0.15) is 0 Å². The van der Waals surface area contributed by atoms with Gasteiger partial charge in [-0.1, -0.05) is 0 Å². The van der Waals surface area contributed by atoms with Gasteiger partial charge in [0.15, 0.2) is 0 Å². The third-order valence-electron chi connectivity index (χ3n) is 3.45. The summed E-state index contributed by atoms with van der Waals surface area (Å²) in [5.41, 5.74) is 1.14. The van der Waals surface area contributed by atoms with Crippen LogP contribution in [-0.4, -0.2) is 35.2 Å². The molecule has 5 heteroatoms. The van der Waals surface area contributed by atoms with Crippen LogP contribution in [0.5, 0.6) is 0 Å². The molecule has 1 aromatic heterocycles. The van der Waals surface area contributed by atoms with E-state index in [1.165, 1.54) is 0 Å². The molecule has 1 aliphatic heterocycles. The van der Waals surface area contributed by atoms with Crippen LogP contribution in [0.2, 0.25) is 0 Å². The molecule has 1 aliphatic rings. The van der Waals surface area contributed by atoms with Crippen molar-refractivity contribution in [1.82, 2.24) is 10.2 Å². The number of urea groups is 1. The van der Waals surface area contributed by atoms with Gasteiger partial charge in [0, 0.05) is 25.6 Å². The molecule has 1 fully saturated rings. The van der Waals surface area contributed by atoms with Crippen molar-refractivity contribution in [2.75, 3.05) is 13.1 Å². The Labute approximate surface area is 112 Å². The van der Waals surface area contributed by atoms with Crippen LogP contribution in [-0.2, 0) is 6.54 Å². The minimum atomic E-state index is -0.336. The lowest BCUT2D eigenvalue weighted by Gasteiger charge is -2.34. The smallest absolute Gasteiger partial charge is 0.317 e. The molecule has 2 atom stereocenters. The van der Waals surface area contributed by atoms with E-state index in [0.717, 1.165) is 24.9 Å². The number of aliphatic hydroxyl groups is 1. The average molecular weight is 268 g/mol. The number of hydrogen-bond donors (Lipinski definition) is 2. The molecule has 1 saturated heterocycles. The lowest BCUT2D eigenvalue weighted by atomic mass is 9.94. The summed E-state index contributed by atoms with van der Waals surface area (Å²) in [7, 11) is 0. The number of carbonyl (C=O) groups is 1. The van der Waals surface area contributed by atoms with E-state index < -0.39 is 0 Å². The van der Waals surface area contributed by atoms with Gasteiger partial charge < -0.3 is 15.3 Å². The first-order valence-electron chi connectivity index (χ1n) is 6.38. The second-order valence-corrected chi connectivity index (χ2v) is 5.66. The Morgan fingerprint density at radius 1 is 1.72 bits per heavy atom. The van der Waals surface area contributed by atoms with E-state index in [2.05, 4.69) is 5.32 Å². The fourth-order valence-electron chi connectivity index (χ4n) is 2.27. The van der Waals surface area contributed by atoms with Gasteiger partial charge in [-0.05, 0) is 42.2 Å². The molecule has 1 aromatic rings. The lowest BCUT2D eigenvalue weighted by Crippen LogP contribution is -2.47. The molecular formula is C13H20N2O2S. The summed E-state index contributed by atoms with van der Waals surface area (Å²) in [6.45, 7) is 3.83. The van der Waals surface area contributed by atoms with Crippen LogP contribution < -0.4 is 5.32 Å². The van der Waals surface area contributed by atoms with Gasteiger partial charge in [0.25, 0.3) is 0 Å². The Morgan fingerprint density at radius 2 is 2.56 bits per heavy atom. The fraction of sp³-hybridized carbons (Fsp3) is 0.615. The topological polar surface area (TPSA) is 52.6 Å². The second kappa shape index (κ2) is 6.20. The molecule has 0 saturated carbocycles. The third-order valence-corrected chi connectivity index (χ3v) is 4.18. The van der Waals surface area contributed by atoms with Crippen molar-refractivity contribution < 1.29 is 9.90 Å². The molecule has 2 unspecified atom stereocenters. The van der Waals surface area contributed by atoms with Crippen LogP contribution in [0.4, 0.5) is 4.79 Å². The molecule has 0 bridgehead atoms. The van der Waals surface area contributed by atoms with Crippen molar-refractivity contribution >= 4 is 17.4 Å². The first-order chi connectivity index (χ1) is 8.66. The number of thiophene rings is 1. The third kappa shape index (κ3) is 3.46. The fourth-order valence-corrected chi connectivity index (χ4v) is 2.94. The van der Waals surface area contributed by atoms with E-state index in [1.54, 1.807) is 18.3 Å². The first kappa shape index (κ1) is 13.4. The van der Waals surface area contributed by atoms with Crippen LogP contribution in [0, 0.1) is 5.92 Å². The van der Waals surface area contributed by atoms with Gasteiger partial charge in [-0.25, -0.2) is 4.79 Å². The van der Waals surface area contributed by atoms with Crippen LogP contribution in [0.15, 0.2) is 16.8 Å². The number of rotatable bonds is 3. The first-order valence-corrected chi connectivity index (χ1v) is 7.33. The predicted molar refractivity (Wildman–Crippen MR) is 72.5 cm³/mol. The Hall–Kier alpha value is -1.07. The van der Waals surface area contributed by atoms with Gasteiger partial charge in [0.2, 0.25) is 0 Å². The Bertz CT molecular complexity index is 378. The summed E-state index contributed by atoms with van der Waals surface area (Å²) in [6.07, 6.45) is 1.64. The average Bonchev–Trinajstić information content (AvgIpc) is 2.89. The maximum absolute atomic E-state index is 12.0. The summed E-state index contributed by atoms with van der Waals surface area (Å²) >= 11 is 1.63. The van der Waals surface area contributed by atoms with Crippen molar-refractivity contribution in [2.45, 2.75) is 32.4 Å².